The van der Waals surface area contributed by atoms with Crippen LogP contribution in [0.3, 0.4) is 0 Å². The van der Waals surface area contributed by atoms with Gasteiger partial charge in [0, 0.05) is 37.7 Å². The molecule has 23 heavy (non-hydrogen) atoms. The van der Waals surface area contributed by atoms with Gasteiger partial charge in [0.15, 0.2) is 0 Å². The van der Waals surface area contributed by atoms with Crippen LogP contribution in [0.25, 0.3) is 11.1 Å². The number of benzene rings is 1. The lowest BCUT2D eigenvalue weighted by Crippen LogP contribution is -2.16. The van der Waals surface area contributed by atoms with E-state index in [1.165, 1.54) is 24.7 Å². The lowest BCUT2D eigenvalue weighted by molar-refractivity contribution is 0.0636. The number of ether oxygens (including phenoxy) is 1. The summed E-state index contributed by atoms with van der Waals surface area (Å²) in [4.78, 5) is 8.84. The molecule has 0 amide bonds. The quantitative estimate of drug-likeness (QED) is 0.655. The zero-order valence-electron chi connectivity index (χ0n) is 13.8. The molecule has 1 fully saturated rings. The highest BCUT2D eigenvalue weighted by Gasteiger charge is 2.12. The van der Waals surface area contributed by atoms with E-state index >= 15 is 0 Å². The van der Waals surface area contributed by atoms with E-state index < -0.39 is 0 Å². The minimum absolute atomic E-state index is 0.716. The fraction of sp³-hybridized carbons (Fsp3) is 0.444. The van der Waals surface area contributed by atoms with Crippen LogP contribution < -0.4 is 10.8 Å². The predicted octanol–water partition coefficient (Wildman–Crippen LogP) is 2.02. The number of hydrogen-bond donors (Lipinski definition) is 1. The van der Waals surface area contributed by atoms with Gasteiger partial charge in [-0.15, -0.1) is 0 Å². The summed E-state index contributed by atoms with van der Waals surface area (Å²) in [6, 6.07) is 8.43. The maximum atomic E-state index is 5.39. The van der Waals surface area contributed by atoms with Gasteiger partial charge in [-0.05, 0) is 37.2 Å². The molecule has 1 aliphatic rings. The first-order valence-electron chi connectivity index (χ1n) is 8.52. The van der Waals surface area contributed by atoms with E-state index in [9.17, 15) is 0 Å². The van der Waals surface area contributed by atoms with Crippen LogP contribution in [0.5, 0.6) is 0 Å². The van der Waals surface area contributed by atoms with Crippen molar-refractivity contribution >= 4 is 19.3 Å². The van der Waals surface area contributed by atoms with Gasteiger partial charge < -0.3 is 10.1 Å². The topological polar surface area (TPSA) is 47.0 Å². The highest BCUT2D eigenvalue weighted by Crippen LogP contribution is 2.20. The van der Waals surface area contributed by atoms with E-state index in [1.54, 1.807) is 0 Å². The van der Waals surface area contributed by atoms with Gasteiger partial charge in [0.25, 0.3) is 0 Å². The lowest BCUT2D eigenvalue weighted by atomic mass is 9.94. The van der Waals surface area contributed by atoms with Gasteiger partial charge in [-0.25, -0.2) is 9.97 Å². The molecule has 1 aliphatic heterocycles. The molecular weight excluding hydrogens is 285 g/mol. The zero-order valence-corrected chi connectivity index (χ0v) is 13.8. The summed E-state index contributed by atoms with van der Waals surface area (Å²) >= 11 is 0. The average Bonchev–Trinajstić information content (AvgIpc) is 2.61. The molecule has 0 spiro atoms. The van der Waals surface area contributed by atoms with E-state index in [-0.39, 0.29) is 0 Å². The number of aromatic nitrogens is 2. The predicted molar refractivity (Wildman–Crippen MR) is 96.9 cm³/mol. The van der Waals surface area contributed by atoms with Gasteiger partial charge in [-0.1, -0.05) is 29.7 Å². The summed E-state index contributed by atoms with van der Waals surface area (Å²) in [6.07, 6.45) is 8.62. The number of nitrogens with one attached hydrogen (secondary N) is 1. The second-order valence-corrected chi connectivity index (χ2v) is 6.29. The van der Waals surface area contributed by atoms with Crippen LogP contribution in [0.2, 0.25) is 0 Å². The van der Waals surface area contributed by atoms with Gasteiger partial charge in [0.2, 0.25) is 5.95 Å². The second-order valence-electron chi connectivity index (χ2n) is 6.29. The third kappa shape index (κ3) is 4.80. The maximum Gasteiger partial charge on any atom is 0.222 e. The Morgan fingerprint density at radius 2 is 1.74 bits per heavy atom. The standard InChI is InChI=1S/C18H24BN3O/c19-17-5-3-15(4-6-17)16-12-21-18(22-13-16)20-9-1-2-14-7-10-23-11-8-14/h3-6,12-14H,1-2,7-11,19H2,(H,20,21,22). The van der Waals surface area contributed by atoms with Crippen molar-refractivity contribution in [3.05, 3.63) is 36.7 Å². The summed E-state index contributed by atoms with van der Waals surface area (Å²) in [5, 5.41) is 3.32. The van der Waals surface area contributed by atoms with Crippen molar-refractivity contribution < 1.29 is 4.74 Å². The smallest absolute Gasteiger partial charge is 0.222 e. The average molecular weight is 309 g/mol. The third-order valence-corrected chi connectivity index (χ3v) is 4.45. The molecule has 2 aromatic rings. The minimum atomic E-state index is 0.716. The monoisotopic (exact) mass is 309 g/mol. The van der Waals surface area contributed by atoms with Crippen LogP contribution >= 0.6 is 0 Å². The number of hydrogen-bond acceptors (Lipinski definition) is 4. The number of nitrogens with zero attached hydrogens (tertiary/aromatic N) is 2. The molecule has 0 bridgehead atoms. The molecule has 0 aliphatic carbocycles. The molecule has 1 aromatic carbocycles. The zero-order chi connectivity index (χ0) is 15.9. The van der Waals surface area contributed by atoms with Crippen LogP contribution in [-0.4, -0.2) is 37.6 Å². The fourth-order valence-corrected chi connectivity index (χ4v) is 2.94. The molecular formula is C18H24BN3O. The normalized spacial score (nSPS) is 15.5. The SMILES string of the molecule is Bc1ccc(-c2cnc(NCCCC3CCOCC3)nc2)cc1. The molecule has 5 heteroatoms. The van der Waals surface area contributed by atoms with E-state index in [0.29, 0.717) is 5.95 Å². The summed E-state index contributed by atoms with van der Waals surface area (Å²) in [6.45, 7) is 2.80. The molecule has 0 atom stereocenters. The van der Waals surface area contributed by atoms with E-state index in [4.69, 9.17) is 4.74 Å². The largest absolute Gasteiger partial charge is 0.381 e. The molecule has 120 valence electrons. The number of anilines is 1. The lowest BCUT2D eigenvalue weighted by Gasteiger charge is -2.21. The summed E-state index contributed by atoms with van der Waals surface area (Å²) in [5.41, 5.74) is 3.47. The minimum Gasteiger partial charge on any atom is -0.381 e. The Kier molecular flexibility index (Phi) is 5.64. The molecule has 0 saturated carbocycles. The molecule has 1 N–H and O–H groups in total. The van der Waals surface area contributed by atoms with Crippen LogP contribution in [0, 0.1) is 5.92 Å². The van der Waals surface area contributed by atoms with Crippen molar-refractivity contribution in [1.82, 2.24) is 9.97 Å². The van der Waals surface area contributed by atoms with Gasteiger partial charge >= 0.3 is 0 Å². The molecule has 0 radical (unpaired) electrons. The maximum absolute atomic E-state index is 5.39. The van der Waals surface area contributed by atoms with Crippen LogP contribution in [0.4, 0.5) is 5.95 Å². The van der Waals surface area contributed by atoms with Gasteiger partial charge in [0.05, 0.1) is 0 Å². The van der Waals surface area contributed by atoms with Crippen LogP contribution in [0.1, 0.15) is 25.7 Å². The van der Waals surface area contributed by atoms with Crippen molar-refractivity contribution in [2.75, 3.05) is 25.1 Å². The Labute approximate surface area is 139 Å². The number of rotatable bonds is 6. The van der Waals surface area contributed by atoms with E-state index in [1.807, 2.05) is 12.4 Å². The van der Waals surface area contributed by atoms with Crippen molar-refractivity contribution in [2.24, 2.45) is 5.92 Å². The summed E-state index contributed by atoms with van der Waals surface area (Å²) < 4.78 is 5.39. The van der Waals surface area contributed by atoms with Crippen molar-refractivity contribution in [2.45, 2.75) is 25.7 Å². The Morgan fingerprint density at radius 1 is 1.04 bits per heavy atom. The van der Waals surface area contributed by atoms with Gasteiger partial charge in [-0.3, -0.25) is 0 Å². The molecule has 4 nitrogen and oxygen atoms in total. The molecule has 2 heterocycles. The van der Waals surface area contributed by atoms with Crippen LogP contribution in [-0.2, 0) is 4.74 Å². The Morgan fingerprint density at radius 3 is 2.43 bits per heavy atom. The first-order valence-corrected chi connectivity index (χ1v) is 8.52. The van der Waals surface area contributed by atoms with Crippen molar-refractivity contribution in [3.63, 3.8) is 0 Å². The Bertz CT molecular complexity index is 595. The van der Waals surface area contributed by atoms with Gasteiger partial charge in [-0.2, -0.15) is 0 Å². The van der Waals surface area contributed by atoms with Crippen LogP contribution in [0.15, 0.2) is 36.7 Å². The van der Waals surface area contributed by atoms with E-state index in [2.05, 4.69) is 47.4 Å². The third-order valence-electron chi connectivity index (χ3n) is 4.45. The highest BCUT2D eigenvalue weighted by atomic mass is 16.5. The molecule has 0 unspecified atom stereocenters. The Balaban J connectivity index is 1.45. The fourth-order valence-electron chi connectivity index (χ4n) is 2.94. The molecule has 3 rings (SSSR count). The summed E-state index contributed by atoms with van der Waals surface area (Å²) in [5.74, 6) is 1.54. The molecule has 1 saturated heterocycles. The van der Waals surface area contributed by atoms with Gasteiger partial charge in [0.1, 0.15) is 7.85 Å². The first-order chi connectivity index (χ1) is 11.3. The summed E-state index contributed by atoms with van der Waals surface area (Å²) in [7, 11) is 2.09. The van der Waals surface area contributed by atoms with Crippen molar-refractivity contribution in [3.8, 4) is 11.1 Å². The van der Waals surface area contributed by atoms with Crippen molar-refractivity contribution in [1.29, 1.82) is 0 Å². The van der Waals surface area contributed by atoms with E-state index in [0.717, 1.165) is 43.2 Å². The first kappa shape index (κ1) is 16.0. The Hall–Kier alpha value is -1.88. The highest BCUT2D eigenvalue weighted by molar-refractivity contribution is 6.32. The second kappa shape index (κ2) is 8.11. The molecule has 1 aromatic heterocycles.